The predicted molar refractivity (Wildman–Crippen MR) is 66.5 cm³/mol. The zero-order valence-corrected chi connectivity index (χ0v) is 10.0. The maximum absolute atomic E-state index is 4.66. The molecule has 0 saturated heterocycles. The van der Waals surface area contributed by atoms with Gasteiger partial charge in [-0.2, -0.15) is 11.3 Å². The van der Waals surface area contributed by atoms with Gasteiger partial charge in [0.1, 0.15) is 0 Å². The molecule has 0 radical (unpaired) electrons. The molecule has 2 rings (SSSR count). The Morgan fingerprint density at radius 1 is 1.50 bits per heavy atom. The van der Waals surface area contributed by atoms with Crippen LogP contribution < -0.4 is 5.32 Å². The van der Waals surface area contributed by atoms with Gasteiger partial charge >= 0.3 is 0 Å². The van der Waals surface area contributed by atoms with Crippen LogP contribution in [0.25, 0.3) is 0 Å². The van der Waals surface area contributed by atoms with E-state index in [9.17, 15) is 0 Å². The Kier molecular flexibility index (Phi) is 2.83. The first-order valence-electron chi connectivity index (χ1n) is 4.68. The molecule has 0 amide bonds. The predicted octanol–water partition coefficient (Wildman–Crippen LogP) is 3.43. The van der Waals surface area contributed by atoms with Crippen molar-refractivity contribution >= 4 is 34.0 Å². The standard InChI is InChI=1S/C10H14N2S2/c1-10(2)4-6-14-9(12-10)11-8-3-5-13-7-8/h3,5,7H,4,6H2,1-2H3,(H,11,12). The van der Waals surface area contributed by atoms with Crippen molar-refractivity contribution < 1.29 is 0 Å². The molecule has 1 N–H and O–H groups in total. The van der Waals surface area contributed by atoms with Gasteiger partial charge in [-0.05, 0) is 31.7 Å². The molecule has 1 aliphatic heterocycles. The lowest BCUT2D eigenvalue weighted by atomic mass is 10.0. The molecule has 4 heteroatoms. The molecule has 76 valence electrons. The Bertz CT molecular complexity index is 328. The fourth-order valence-corrected chi connectivity index (χ4v) is 3.17. The average molecular weight is 226 g/mol. The lowest BCUT2D eigenvalue weighted by Crippen LogP contribution is -2.27. The molecule has 2 nitrogen and oxygen atoms in total. The lowest BCUT2D eigenvalue weighted by molar-refractivity contribution is 0.507. The molecule has 0 saturated carbocycles. The average Bonchev–Trinajstić information content (AvgIpc) is 2.54. The van der Waals surface area contributed by atoms with Crippen LogP contribution in [0.2, 0.25) is 0 Å². The second kappa shape index (κ2) is 3.95. The van der Waals surface area contributed by atoms with Crippen LogP contribution in [0.4, 0.5) is 5.69 Å². The highest BCUT2D eigenvalue weighted by molar-refractivity contribution is 8.14. The summed E-state index contributed by atoms with van der Waals surface area (Å²) in [7, 11) is 0. The summed E-state index contributed by atoms with van der Waals surface area (Å²) in [6.07, 6.45) is 1.16. The second-order valence-electron chi connectivity index (χ2n) is 3.96. The zero-order valence-electron chi connectivity index (χ0n) is 8.41. The molecule has 1 aliphatic rings. The quantitative estimate of drug-likeness (QED) is 0.793. The fraction of sp³-hybridized carbons (Fsp3) is 0.500. The van der Waals surface area contributed by atoms with Crippen LogP contribution in [0.1, 0.15) is 20.3 Å². The van der Waals surface area contributed by atoms with Crippen molar-refractivity contribution in [3.63, 3.8) is 0 Å². The van der Waals surface area contributed by atoms with Gasteiger partial charge in [0.2, 0.25) is 0 Å². The van der Waals surface area contributed by atoms with Crippen molar-refractivity contribution in [1.29, 1.82) is 0 Å². The fourth-order valence-electron chi connectivity index (χ4n) is 1.28. The Morgan fingerprint density at radius 2 is 2.36 bits per heavy atom. The summed E-state index contributed by atoms with van der Waals surface area (Å²) in [5, 5.41) is 8.57. The topological polar surface area (TPSA) is 24.4 Å². The van der Waals surface area contributed by atoms with Gasteiger partial charge < -0.3 is 5.32 Å². The molecule has 1 aromatic heterocycles. The molecule has 0 fully saturated rings. The summed E-state index contributed by atoms with van der Waals surface area (Å²) in [4.78, 5) is 4.66. The maximum Gasteiger partial charge on any atom is 0.161 e. The summed E-state index contributed by atoms with van der Waals surface area (Å²) in [6.45, 7) is 4.37. The molecule has 2 heterocycles. The number of hydrogen-bond donors (Lipinski definition) is 1. The van der Waals surface area contributed by atoms with Gasteiger partial charge in [-0.1, -0.05) is 11.8 Å². The lowest BCUT2D eigenvalue weighted by Gasteiger charge is -2.26. The smallest absolute Gasteiger partial charge is 0.161 e. The summed E-state index contributed by atoms with van der Waals surface area (Å²) in [5.41, 5.74) is 1.25. The summed E-state index contributed by atoms with van der Waals surface area (Å²) >= 11 is 3.51. The van der Waals surface area contributed by atoms with E-state index in [1.54, 1.807) is 11.3 Å². The molecule has 0 aromatic carbocycles. The molecule has 0 bridgehead atoms. The van der Waals surface area contributed by atoms with Crippen LogP contribution in [0.3, 0.4) is 0 Å². The van der Waals surface area contributed by atoms with Crippen molar-refractivity contribution in [2.45, 2.75) is 25.8 Å². The van der Waals surface area contributed by atoms with Crippen LogP contribution in [-0.2, 0) is 0 Å². The third-order valence-electron chi connectivity index (χ3n) is 2.13. The van der Waals surface area contributed by atoms with Gasteiger partial charge in [0.15, 0.2) is 5.17 Å². The molecule has 1 aromatic rings. The normalized spacial score (nSPS) is 20.3. The Hall–Kier alpha value is -0.480. The minimum Gasteiger partial charge on any atom is -0.334 e. The van der Waals surface area contributed by atoms with E-state index in [0.29, 0.717) is 0 Å². The van der Waals surface area contributed by atoms with E-state index in [1.807, 2.05) is 11.8 Å². The molecule has 0 atom stereocenters. The van der Waals surface area contributed by atoms with Crippen molar-refractivity contribution in [2.75, 3.05) is 11.1 Å². The van der Waals surface area contributed by atoms with Gasteiger partial charge in [-0.3, -0.25) is 4.99 Å². The molecule has 14 heavy (non-hydrogen) atoms. The number of aliphatic imine (C=N–C) groups is 1. The number of anilines is 1. The minimum absolute atomic E-state index is 0.101. The molecule has 0 unspecified atom stereocenters. The number of nitrogens with zero attached hydrogens (tertiary/aromatic N) is 1. The molecular weight excluding hydrogens is 212 g/mol. The third-order valence-corrected chi connectivity index (χ3v) is 3.69. The Balaban J connectivity index is 2.08. The Morgan fingerprint density at radius 3 is 3.00 bits per heavy atom. The van der Waals surface area contributed by atoms with Gasteiger partial charge in [0.05, 0.1) is 11.2 Å². The third kappa shape index (κ3) is 2.51. The second-order valence-corrected chi connectivity index (χ2v) is 5.83. The van der Waals surface area contributed by atoms with E-state index >= 15 is 0 Å². The number of hydrogen-bond acceptors (Lipinski definition) is 4. The number of thiophene rings is 1. The van der Waals surface area contributed by atoms with E-state index in [-0.39, 0.29) is 5.54 Å². The Labute approximate surface area is 92.8 Å². The van der Waals surface area contributed by atoms with Crippen LogP contribution >= 0.6 is 23.1 Å². The number of nitrogens with one attached hydrogen (secondary N) is 1. The van der Waals surface area contributed by atoms with Crippen LogP contribution in [0.15, 0.2) is 21.8 Å². The van der Waals surface area contributed by atoms with E-state index in [0.717, 1.165) is 23.0 Å². The van der Waals surface area contributed by atoms with Gasteiger partial charge in [-0.25, -0.2) is 0 Å². The zero-order chi connectivity index (χ0) is 10.0. The maximum atomic E-state index is 4.66. The number of thioether (sulfide) groups is 1. The van der Waals surface area contributed by atoms with Crippen molar-refractivity contribution in [2.24, 2.45) is 4.99 Å². The number of amidine groups is 1. The highest BCUT2D eigenvalue weighted by Gasteiger charge is 2.22. The molecule has 0 aliphatic carbocycles. The summed E-state index contributed by atoms with van der Waals surface area (Å²) in [6, 6.07) is 2.08. The minimum atomic E-state index is 0.101. The molecule has 0 spiro atoms. The van der Waals surface area contributed by atoms with Crippen LogP contribution in [0, 0.1) is 0 Å². The summed E-state index contributed by atoms with van der Waals surface area (Å²) < 4.78 is 0. The first-order chi connectivity index (χ1) is 6.66. The van der Waals surface area contributed by atoms with Crippen LogP contribution in [0.5, 0.6) is 0 Å². The van der Waals surface area contributed by atoms with Gasteiger partial charge in [0.25, 0.3) is 0 Å². The summed E-state index contributed by atoms with van der Waals surface area (Å²) in [5.74, 6) is 1.16. The van der Waals surface area contributed by atoms with Crippen LogP contribution in [-0.4, -0.2) is 16.5 Å². The highest BCUT2D eigenvalue weighted by Crippen LogP contribution is 2.27. The van der Waals surface area contributed by atoms with Gasteiger partial charge in [-0.15, -0.1) is 0 Å². The SMILES string of the molecule is CC1(C)CCSC(Nc2ccsc2)=N1. The van der Waals surface area contributed by atoms with Crippen molar-refractivity contribution in [3.05, 3.63) is 16.8 Å². The first-order valence-corrected chi connectivity index (χ1v) is 6.60. The van der Waals surface area contributed by atoms with Crippen molar-refractivity contribution in [3.8, 4) is 0 Å². The van der Waals surface area contributed by atoms with E-state index in [1.165, 1.54) is 0 Å². The first kappa shape index (κ1) is 10.1. The highest BCUT2D eigenvalue weighted by atomic mass is 32.2. The largest absolute Gasteiger partial charge is 0.334 e. The van der Waals surface area contributed by atoms with E-state index in [4.69, 9.17) is 0 Å². The number of rotatable bonds is 1. The van der Waals surface area contributed by atoms with E-state index in [2.05, 4.69) is 41.0 Å². The van der Waals surface area contributed by atoms with Crippen molar-refractivity contribution in [1.82, 2.24) is 0 Å². The van der Waals surface area contributed by atoms with E-state index < -0.39 is 0 Å². The monoisotopic (exact) mass is 226 g/mol. The molecular formula is C10H14N2S2. The van der Waals surface area contributed by atoms with Gasteiger partial charge in [0, 0.05) is 11.1 Å².